The third kappa shape index (κ3) is 3.77. The van der Waals surface area contributed by atoms with E-state index in [1.54, 1.807) is 0 Å². The Morgan fingerprint density at radius 2 is 1.77 bits per heavy atom. The van der Waals surface area contributed by atoms with Gasteiger partial charge in [-0.15, -0.1) is 0 Å². The number of rotatable bonds is 4. The van der Waals surface area contributed by atoms with Crippen molar-refractivity contribution in [2.24, 2.45) is 5.73 Å². The number of nitrogens with one attached hydrogen (secondary N) is 1. The summed E-state index contributed by atoms with van der Waals surface area (Å²) >= 11 is 0. The second kappa shape index (κ2) is 4.09. The molecule has 0 aliphatic carbocycles. The minimum atomic E-state index is -0.406. The average Bonchev–Trinajstić information content (AvgIpc) is 1.83. The highest BCUT2D eigenvalue weighted by molar-refractivity contribution is 5.76. The van der Waals surface area contributed by atoms with Gasteiger partial charge < -0.3 is 11.1 Å². The maximum Gasteiger partial charge on any atom is 0.220 e. The van der Waals surface area contributed by atoms with Crippen LogP contribution in [0.5, 0.6) is 0 Å². The van der Waals surface area contributed by atoms with Gasteiger partial charge in [-0.25, -0.2) is 0 Å². The molecule has 0 aromatic carbocycles. The third-order valence-electron chi connectivity index (χ3n) is 2.54. The Bertz CT molecular complexity index is 180. The Morgan fingerprint density at radius 1 is 1.31 bits per heavy atom. The zero-order valence-corrected chi connectivity index (χ0v) is 9.40. The van der Waals surface area contributed by atoms with Crippen molar-refractivity contribution in [3.05, 3.63) is 0 Å². The molecule has 0 bridgehead atoms. The van der Waals surface area contributed by atoms with Crippen LogP contribution in [0.25, 0.3) is 0 Å². The van der Waals surface area contributed by atoms with E-state index >= 15 is 0 Å². The second-order valence-corrected chi connectivity index (χ2v) is 4.64. The Balaban J connectivity index is 4.26. The van der Waals surface area contributed by atoms with E-state index < -0.39 is 5.54 Å². The Kier molecular flexibility index (Phi) is 3.91. The summed E-state index contributed by atoms with van der Waals surface area (Å²) in [5.41, 5.74) is 5.17. The van der Waals surface area contributed by atoms with Gasteiger partial charge in [-0.3, -0.25) is 4.79 Å². The van der Waals surface area contributed by atoms with Crippen molar-refractivity contribution in [2.45, 2.75) is 58.5 Å². The average molecular weight is 186 g/mol. The highest BCUT2D eigenvalue weighted by Crippen LogP contribution is 2.17. The first-order chi connectivity index (χ1) is 5.70. The van der Waals surface area contributed by atoms with Crippen LogP contribution in [0.15, 0.2) is 0 Å². The molecule has 3 N–H and O–H groups in total. The molecule has 0 aliphatic heterocycles. The molecule has 0 unspecified atom stereocenters. The molecular formula is C10H22N2O. The van der Waals surface area contributed by atoms with Crippen LogP contribution in [0.4, 0.5) is 0 Å². The standard InChI is InChI=1S/C10H22N2O/c1-6-7-8(13)12-10(4,5)9(2,3)11/h6-7,11H2,1-5H3,(H,12,13). The van der Waals surface area contributed by atoms with Gasteiger partial charge in [0.05, 0.1) is 5.54 Å². The van der Waals surface area contributed by atoms with E-state index in [4.69, 9.17) is 5.73 Å². The highest BCUT2D eigenvalue weighted by atomic mass is 16.1. The van der Waals surface area contributed by atoms with Crippen molar-refractivity contribution >= 4 is 5.91 Å². The van der Waals surface area contributed by atoms with Gasteiger partial charge in [0.15, 0.2) is 0 Å². The van der Waals surface area contributed by atoms with E-state index in [0.29, 0.717) is 6.42 Å². The van der Waals surface area contributed by atoms with Gasteiger partial charge in [-0.2, -0.15) is 0 Å². The van der Waals surface area contributed by atoms with E-state index in [0.717, 1.165) is 6.42 Å². The van der Waals surface area contributed by atoms with Gasteiger partial charge in [0.25, 0.3) is 0 Å². The molecule has 0 radical (unpaired) electrons. The van der Waals surface area contributed by atoms with Gasteiger partial charge >= 0.3 is 0 Å². The van der Waals surface area contributed by atoms with Crippen LogP contribution in [0.1, 0.15) is 47.5 Å². The fraction of sp³-hybridized carbons (Fsp3) is 0.900. The SMILES string of the molecule is CCCC(=O)NC(C)(C)C(C)(C)N. The normalized spacial score (nSPS) is 12.8. The molecule has 78 valence electrons. The lowest BCUT2D eigenvalue weighted by atomic mass is 9.83. The fourth-order valence-electron chi connectivity index (χ4n) is 0.799. The van der Waals surface area contributed by atoms with Crippen molar-refractivity contribution in [3.63, 3.8) is 0 Å². The van der Waals surface area contributed by atoms with E-state index in [1.165, 1.54) is 0 Å². The Morgan fingerprint density at radius 3 is 2.08 bits per heavy atom. The summed E-state index contributed by atoms with van der Waals surface area (Å²) in [7, 11) is 0. The molecule has 1 amide bonds. The van der Waals surface area contributed by atoms with Crippen molar-refractivity contribution in [1.82, 2.24) is 5.32 Å². The topological polar surface area (TPSA) is 55.1 Å². The van der Waals surface area contributed by atoms with E-state index in [-0.39, 0.29) is 11.4 Å². The number of nitrogens with two attached hydrogens (primary N) is 1. The second-order valence-electron chi connectivity index (χ2n) is 4.64. The molecule has 13 heavy (non-hydrogen) atoms. The number of carbonyl (C=O) groups excluding carboxylic acids is 1. The first-order valence-corrected chi connectivity index (χ1v) is 4.80. The molecule has 0 atom stereocenters. The van der Waals surface area contributed by atoms with Gasteiger partial charge in [-0.1, -0.05) is 6.92 Å². The molecule has 0 aliphatic rings. The van der Waals surface area contributed by atoms with Crippen LogP contribution in [-0.2, 0) is 4.79 Å². The lowest BCUT2D eigenvalue weighted by Gasteiger charge is -2.39. The number of carbonyl (C=O) groups is 1. The summed E-state index contributed by atoms with van der Waals surface area (Å²) in [4.78, 5) is 11.3. The maximum atomic E-state index is 11.3. The van der Waals surface area contributed by atoms with E-state index in [9.17, 15) is 4.79 Å². The van der Waals surface area contributed by atoms with Crippen molar-refractivity contribution in [1.29, 1.82) is 0 Å². The number of amides is 1. The quantitative estimate of drug-likeness (QED) is 0.697. The molecule has 0 fully saturated rings. The lowest BCUT2D eigenvalue weighted by molar-refractivity contribution is -0.123. The summed E-state index contributed by atoms with van der Waals surface area (Å²) in [6.45, 7) is 9.71. The zero-order valence-electron chi connectivity index (χ0n) is 9.40. The van der Waals surface area contributed by atoms with Gasteiger partial charge in [-0.05, 0) is 34.1 Å². The van der Waals surface area contributed by atoms with Crippen LogP contribution in [0, 0.1) is 0 Å². The third-order valence-corrected chi connectivity index (χ3v) is 2.54. The van der Waals surface area contributed by atoms with Gasteiger partial charge in [0, 0.05) is 12.0 Å². The first kappa shape index (κ1) is 12.4. The molecule has 3 heteroatoms. The summed E-state index contributed by atoms with van der Waals surface area (Å²) in [6, 6.07) is 0. The van der Waals surface area contributed by atoms with Crippen LogP contribution in [-0.4, -0.2) is 17.0 Å². The molecule has 0 heterocycles. The molecular weight excluding hydrogens is 164 g/mol. The Labute approximate surface area is 81.1 Å². The fourth-order valence-corrected chi connectivity index (χ4v) is 0.799. The summed E-state index contributed by atoms with van der Waals surface area (Å²) < 4.78 is 0. The summed E-state index contributed by atoms with van der Waals surface area (Å²) in [5, 5.41) is 2.93. The van der Waals surface area contributed by atoms with Crippen LogP contribution >= 0.6 is 0 Å². The van der Waals surface area contributed by atoms with Crippen molar-refractivity contribution in [3.8, 4) is 0 Å². The molecule has 0 aromatic heterocycles. The predicted molar refractivity (Wildman–Crippen MR) is 55.4 cm³/mol. The molecule has 0 rings (SSSR count). The smallest absolute Gasteiger partial charge is 0.220 e. The molecule has 3 nitrogen and oxygen atoms in total. The van der Waals surface area contributed by atoms with E-state index in [1.807, 2.05) is 34.6 Å². The molecule has 0 spiro atoms. The zero-order chi connectivity index (χ0) is 10.7. The van der Waals surface area contributed by atoms with Crippen LogP contribution < -0.4 is 11.1 Å². The van der Waals surface area contributed by atoms with Crippen molar-refractivity contribution in [2.75, 3.05) is 0 Å². The summed E-state index contributed by atoms with van der Waals surface area (Å²) in [6.07, 6.45) is 1.44. The minimum absolute atomic E-state index is 0.0750. The molecule has 0 saturated heterocycles. The first-order valence-electron chi connectivity index (χ1n) is 4.80. The molecule has 0 saturated carbocycles. The minimum Gasteiger partial charge on any atom is -0.349 e. The Hall–Kier alpha value is -0.570. The monoisotopic (exact) mass is 186 g/mol. The van der Waals surface area contributed by atoms with Crippen molar-refractivity contribution < 1.29 is 4.79 Å². The predicted octanol–water partition coefficient (Wildman–Crippen LogP) is 1.42. The number of hydrogen-bond acceptors (Lipinski definition) is 2. The highest BCUT2D eigenvalue weighted by Gasteiger charge is 2.34. The van der Waals surface area contributed by atoms with E-state index in [2.05, 4.69) is 5.32 Å². The number of hydrogen-bond donors (Lipinski definition) is 2. The largest absolute Gasteiger partial charge is 0.349 e. The van der Waals surface area contributed by atoms with Crippen LogP contribution in [0.2, 0.25) is 0 Å². The van der Waals surface area contributed by atoms with Gasteiger partial charge in [0.1, 0.15) is 0 Å². The maximum absolute atomic E-state index is 11.3. The summed E-state index contributed by atoms with van der Waals surface area (Å²) in [5.74, 6) is 0.0750. The van der Waals surface area contributed by atoms with Gasteiger partial charge in [0.2, 0.25) is 5.91 Å². The van der Waals surface area contributed by atoms with Crippen LogP contribution in [0.3, 0.4) is 0 Å². The lowest BCUT2D eigenvalue weighted by Crippen LogP contribution is -2.62. The molecule has 0 aromatic rings.